The van der Waals surface area contributed by atoms with Crippen LogP contribution in [0.15, 0.2) is 60.6 Å². The number of carbonyl (C=O) groups excluding carboxylic acids is 2. The molecule has 0 spiro atoms. The summed E-state index contributed by atoms with van der Waals surface area (Å²) in [7, 11) is 4.45. The Hall–Kier alpha value is -4.86. The second kappa shape index (κ2) is 10.1. The van der Waals surface area contributed by atoms with Crippen molar-refractivity contribution in [1.29, 1.82) is 0 Å². The number of carbonyl (C=O) groups is 2. The number of rotatable bonds is 7. The number of benzene rings is 1. The van der Waals surface area contributed by atoms with E-state index in [1.165, 1.54) is 26.2 Å². The van der Waals surface area contributed by atoms with E-state index < -0.39 is 17.7 Å². The van der Waals surface area contributed by atoms with E-state index in [1.54, 1.807) is 37.5 Å². The molecule has 1 aromatic carbocycles. The number of aliphatic hydroxyl groups is 1. The van der Waals surface area contributed by atoms with Crippen molar-refractivity contribution in [3.05, 3.63) is 88.6 Å². The second-order valence-corrected chi connectivity index (χ2v) is 9.18. The summed E-state index contributed by atoms with van der Waals surface area (Å²) in [5.41, 5.74) is 3.53. The molecule has 1 fully saturated rings. The Labute approximate surface area is 225 Å². The third-order valence-electron chi connectivity index (χ3n) is 6.93. The molecule has 1 aliphatic rings. The van der Waals surface area contributed by atoms with Gasteiger partial charge < -0.3 is 28.6 Å². The highest BCUT2D eigenvalue weighted by Gasteiger charge is 2.47. The smallest absolute Gasteiger partial charge is 0.295 e. The van der Waals surface area contributed by atoms with Gasteiger partial charge in [0.05, 0.1) is 38.6 Å². The van der Waals surface area contributed by atoms with Crippen LogP contribution in [0.4, 0.5) is 0 Å². The van der Waals surface area contributed by atoms with Crippen LogP contribution in [0.3, 0.4) is 0 Å². The van der Waals surface area contributed by atoms with Crippen LogP contribution in [0.1, 0.15) is 34.1 Å². The van der Waals surface area contributed by atoms with Crippen molar-refractivity contribution < 1.29 is 28.9 Å². The molecule has 1 N–H and O–H groups in total. The molecule has 0 aliphatic carbocycles. The molecule has 4 heterocycles. The summed E-state index contributed by atoms with van der Waals surface area (Å²) in [5, 5.41) is 11.7. The first kappa shape index (κ1) is 25.8. The Kier molecular flexibility index (Phi) is 6.69. The van der Waals surface area contributed by atoms with Gasteiger partial charge in [-0.3, -0.25) is 14.6 Å². The molecule has 10 nitrogen and oxygen atoms in total. The van der Waals surface area contributed by atoms with E-state index in [2.05, 4.69) is 9.97 Å². The van der Waals surface area contributed by atoms with Crippen molar-refractivity contribution in [1.82, 2.24) is 19.3 Å². The molecule has 200 valence electrons. The van der Waals surface area contributed by atoms with Gasteiger partial charge in [0.15, 0.2) is 17.3 Å². The maximum atomic E-state index is 13.6. The third-order valence-corrected chi connectivity index (χ3v) is 6.93. The highest BCUT2D eigenvalue weighted by molar-refractivity contribution is 6.46. The summed E-state index contributed by atoms with van der Waals surface area (Å²) in [6.07, 6.45) is 5.09. The first-order valence-corrected chi connectivity index (χ1v) is 12.2. The van der Waals surface area contributed by atoms with Gasteiger partial charge in [-0.15, -0.1) is 0 Å². The van der Waals surface area contributed by atoms with E-state index in [-0.39, 0.29) is 23.6 Å². The van der Waals surface area contributed by atoms with Crippen LogP contribution < -0.4 is 14.2 Å². The van der Waals surface area contributed by atoms with Gasteiger partial charge >= 0.3 is 0 Å². The summed E-state index contributed by atoms with van der Waals surface area (Å²) in [6.45, 7) is 3.79. The van der Waals surface area contributed by atoms with Crippen LogP contribution in [0, 0.1) is 13.8 Å². The molecule has 1 saturated heterocycles. The third kappa shape index (κ3) is 4.23. The minimum absolute atomic E-state index is 0.0812. The average molecular weight is 529 g/mol. The number of hydrogen-bond donors (Lipinski definition) is 1. The van der Waals surface area contributed by atoms with E-state index in [9.17, 15) is 14.7 Å². The maximum Gasteiger partial charge on any atom is 0.295 e. The van der Waals surface area contributed by atoms with Crippen molar-refractivity contribution >= 4 is 23.1 Å². The molecule has 5 rings (SSSR count). The van der Waals surface area contributed by atoms with E-state index >= 15 is 0 Å². The largest absolute Gasteiger partial charge is 0.505 e. The molecule has 10 heteroatoms. The molecule has 0 radical (unpaired) electrons. The number of aliphatic hydroxyl groups excluding tert-OH is 1. The number of aromatic nitrogens is 3. The van der Waals surface area contributed by atoms with E-state index in [0.717, 1.165) is 11.1 Å². The van der Waals surface area contributed by atoms with Crippen LogP contribution >= 0.6 is 0 Å². The highest BCUT2D eigenvalue weighted by Crippen LogP contribution is 2.46. The van der Waals surface area contributed by atoms with Gasteiger partial charge in [-0.2, -0.15) is 0 Å². The Bertz CT molecular complexity index is 1600. The number of ether oxygens (including phenoxy) is 3. The summed E-state index contributed by atoms with van der Waals surface area (Å²) in [5.74, 6) is -0.877. The van der Waals surface area contributed by atoms with E-state index in [4.69, 9.17) is 14.2 Å². The molecular weight excluding hydrogens is 500 g/mol. The molecule has 1 atom stereocenters. The zero-order chi connectivity index (χ0) is 27.8. The average Bonchev–Trinajstić information content (AvgIpc) is 3.42. The molecule has 4 aromatic rings. The zero-order valence-corrected chi connectivity index (χ0v) is 22.3. The van der Waals surface area contributed by atoms with Gasteiger partial charge in [-0.1, -0.05) is 12.1 Å². The first-order chi connectivity index (χ1) is 18.8. The second-order valence-electron chi connectivity index (χ2n) is 9.18. The number of aryl methyl sites for hydroxylation is 2. The number of amides is 1. The minimum atomic E-state index is -0.968. The van der Waals surface area contributed by atoms with Crippen LogP contribution in [-0.2, 0) is 16.1 Å². The number of pyridine rings is 2. The van der Waals surface area contributed by atoms with Gasteiger partial charge in [-0.05, 0) is 54.8 Å². The van der Waals surface area contributed by atoms with Crippen molar-refractivity contribution in [3.8, 4) is 17.2 Å². The molecule has 1 aliphatic heterocycles. The Morgan fingerprint density at radius 1 is 1.03 bits per heavy atom. The number of likely N-dealkylation sites (tertiary alicyclic amines) is 1. The number of fused-ring (bicyclic) bond motifs is 1. The number of imidazole rings is 1. The van der Waals surface area contributed by atoms with Gasteiger partial charge in [0, 0.05) is 25.1 Å². The van der Waals surface area contributed by atoms with Gasteiger partial charge in [0.1, 0.15) is 11.3 Å². The fourth-order valence-electron chi connectivity index (χ4n) is 5.01. The van der Waals surface area contributed by atoms with Gasteiger partial charge in [0.25, 0.3) is 11.7 Å². The molecule has 1 amide bonds. The summed E-state index contributed by atoms with van der Waals surface area (Å²) in [6, 6.07) is 9.72. The van der Waals surface area contributed by atoms with Crippen molar-refractivity contribution in [2.75, 3.05) is 21.3 Å². The van der Waals surface area contributed by atoms with Gasteiger partial charge in [-0.25, -0.2) is 4.98 Å². The van der Waals surface area contributed by atoms with Crippen molar-refractivity contribution in [2.45, 2.75) is 26.4 Å². The summed E-state index contributed by atoms with van der Waals surface area (Å²) in [4.78, 5) is 37.2. The fraction of sp³-hybridized carbons (Fsp3) is 0.241. The predicted molar refractivity (Wildman–Crippen MR) is 143 cm³/mol. The molecular formula is C29H28N4O6. The van der Waals surface area contributed by atoms with Crippen LogP contribution in [0.5, 0.6) is 17.2 Å². The van der Waals surface area contributed by atoms with Crippen molar-refractivity contribution in [3.63, 3.8) is 0 Å². The maximum absolute atomic E-state index is 13.6. The molecule has 39 heavy (non-hydrogen) atoms. The molecule has 0 saturated carbocycles. The quantitative estimate of drug-likeness (QED) is 0.218. The lowest BCUT2D eigenvalue weighted by molar-refractivity contribution is -0.140. The lowest BCUT2D eigenvalue weighted by Crippen LogP contribution is -2.29. The first-order valence-electron chi connectivity index (χ1n) is 12.2. The molecule has 1 unspecified atom stereocenters. The summed E-state index contributed by atoms with van der Waals surface area (Å²) < 4.78 is 18.4. The summed E-state index contributed by atoms with van der Waals surface area (Å²) >= 11 is 0. The monoisotopic (exact) mass is 528 g/mol. The van der Waals surface area contributed by atoms with Crippen LogP contribution in [0.25, 0.3) is 11.4 Å². The Balaban J connectivity index is 1.76. The van der Waals surface area contributed by atoms with Gasteiger partial charge in [0.2, 0.25) is 5.75 Å². The number of nitrogens with zero attached hydrogens (tertiary/aromatic N) is 4. The van der Waals surface area contributed by atoms with Crippen molar-refractivity contribution in [2.24, 2.45) is 0 Å². The Morgan fingerprint density at radius 3 is 2.33 bits per heavy atom. The van der Waals surface area contributed by atoms with E-state index in [1.807, 2.05) is 35.7 Å². The topological polar surface area (TPSA) is 115 Å². The standard InChI is InChI=1S/C29H28N4O6/c1-16-8-7-11-32-17(2)23(31-28(16)32)25(34)22-24(19-12-20(37-3)27(39-5)21(13-19)38-4)33(29(36)26(22)35)15-18-9-6-10-30-14-18/h6-14,24,34H,15H2,1-5H3/b25-22+. The fourth-order valence-corrected chi connectivity index (χ4v) is 5.01. The number of hydrogen-bond acceptors (Lipinski definition) is 8. The highest BCUT2D eigenvalue weighted by atomic mass is 16.5. The zero-order valence-electron chi connectivity index (χ0n) is 22.3. The predicted octanol–water partition coefficient (Wildman–Crippen LogP) is 3.99. The SMILES string of the molecule is COc1cc(C2/C(=C(\O)c3nc4c(C)cccn4c3C)C(=O)C(=O)N2Cc2cccnc2)cc(OC)c1OC. The lowest BCUT2D eigenvalue weighted by Gasteiger charge is -2.26. The van der Waals surface area contributed by atoms with E-state index in [0.29, 0.717) is 34.2 Å². The Morgan fingerprint density at radius 2 is 1.74 bits per heavy atom. The van der Waals surface area contributed by atoms with Crippen LogP contribution in [0.2, 0.25) is 0 Å². The normalized spacial score (nSPS) is 16.6. The molecule has 3 aromatic heterocycles. The minimum Gasteiger partial charge on any atom is -0.505 e. The molecule has 0 bridgehead atoms. The number of methoxy groups -OCH3 is 3. The number of Topliss-reactive ketones (excluding diaryl/α,β-unsaturated/α-hetero) is 1. The lowest BCUT2D eigenvalue weighted by atomic mass is 9.95. The van der Waals surface area contributed by atoms with Crippen LogP contribution in [-0.4, -0.2) is 57.4 Å². The number of ketones is 1.